The normalized spacial score (nSPS) is 12.2. The van der Waals surface area contributed by atoms with Gasteiger partial charge in [-0.3, -0.25) is 9.78 Å². The van der Waals surface area contributed by atoms with Gasteiger partial charge in [-0.1, -0.05) is 6.92 Å². The molecule has 134 valence electrons. The lowest BCUT2D eigenvalue weighted by Gasteiger charge is -2.14. The highest BCUT2D eigenvalue weighted by Gasteiger charge is 2.28. The minimum Gasteiger partial charge on any atom is -0.338 e. The van der Waals surface area contributed by atoms with E-state index >= 15 is 0 Å². The molecule has 0 amide bonds. The molecule has 2 N–H and O–H groups in total. The lowest BCUT2D eigenvalue weighted by atomic mass is 10.2. The molecule has 3 aromatic heterocycles. The molecule has 4 rings (SSSR count). The number of alkyl halides is 2. The number of hydrogen-bond acceptors (Lipinski definition) is 4. The molecule has 0 bridgehead atoms. The minimum absolute atomic E-state index is 0.215. The molecular weight excluding hydrogens is 338 g/mol. The van der Waals surface area contributed by atoms with Crippen molar-refractivity contribution in [1.29, 1.82) is 0 Å². The van der Waals surface area contributed by atoms with Gasteiger partial charge in [0.05, 0.1) is 16.6 Å². The van der Waals surface area contributed by atoms with Crippen molar-refractivity contribution >= 4 is 33.4 Å². The van der Waals surface area contributed by atoms with Crippen molar-refractivity contribution < 1.29 is 8.78 Å². The number of nitrogens with zero attached hydrogens (tertiary/aromatic N) is 4. The summed E-state index contributed by atoms with van der Waals surface area (Å²) in [6.07, 6.45) is 1.48. The number of halogens is 2. The maximum atomic E-state index is 13.8. The summed E-state index contributed by atoms with van der Waals surface area (Å²) in [6, 6.07) is 9.30. The molecule has 6 nitrogen and oxygen atoms in total. The van der Waals surface area contributed by atoms with Crippen LogP contribution in [-0.2, 0) is 6.54 Å². The molecule has 0 atom stereocenters. The number of benzene rings is 1. The van der Waals surface area contributed by atoms with Gasteiger partial charge in [-0.2, -0.15) is 10.2 Å². The molecule has 8 heteroatoms. The third-order valence-corrected chi connectivity index (χ3v) is 4.43. The number of hydrogen-bond donors (Lipinski definition) is 2. The van der Waals surface area contributed by atoms with E-state index in [1.54, 1.807) is 12.3 Å². The highest BCUT2D eigenvalue weighted by molar-refractivity contribution is 5.91. The molecule has 0 unspecified atom stereocenters. The monoisotopic (exact) mass is 356 g/mol. The van der Waals surface area contributed by atoms with Crippen LogP contribution in [0, 0.1) is 6.92 Å². The van der Waals surface area contributed by atoms with E-state index < -0.39 is 12.5 Å². The van der Waals surface area contributed by atoms with E-state index in [-0.39, 0.29) is 6.42 Å². The number of anilines is 2. The van der Waals surface area contributed by atoms with Crippen LogP contribution in [0.15, 0.2) is 36.5 Å². The van der Waals surface area contributed by atoms with Gasteiger partial charge in [0.15, 0.2) is 11.5 Å². The first-order chi connectivity index (χ1) is 12.5. The molecule has 3 heterocycles. The lowest BCUT2D eigenvalue weighted by molar-refractivity contribution is -0.0218. The average molecular weight is 356 g/mol. The Morgan fingerprint density at radius 2 is 2.08 bits per heavy atom. The minimum atomic E-state index is -2.77. The summed E-state index contributed by atoms with van der Waals surface area (Å²) < 4.78 is 28.9. The van der Waals surface area contributed by atoms with Crippen molar-refractivity contribution in [2.45, 2.75) is 32.7 Å². The van der Waals surface area contributed by atoms with Crippen molar-refractivity contribution in [3.05, 3.63) is 42.2 Å². The van der Waals surface area contributed by atoms with E-state index in [1.165, 1.54) is 11.6 Å². The summed E-state index contributed by atoms with van der Waals surface area (Å²) in [7, 11) is 0. The number of aryl methyl sites for hydroxylation is 1. The summed E-state index contributed by atoms with van der Waals surface area (Å²) in [5.74, 6) is -2.11. The van der Waals surface area contributed by atoms with Gasteiger partial charge in [-0.25, -0.2) is 13.8 Å². The SMILES string of the molecule is CCC(F)(F)Cn1nc(C)c2cc(Nc3n[nH]c4ncccc34)ccc21. The quantitative estimate of drug-likeness (QED) is 0.556. The maximum absolute atomic E-state index is 13.8. The van der Waals surface area contributed by atoms with Crippen LogP contribution in [0.4, 0.5) is 20.3 Å². The molecule has 0 aliphatic heterocycles. The number of aromatic amines is 1. The van der Waals surface area contributed by atoms with Gasteiger partial charge in [-0.15, -0.1) is 0 Å². The lowest BCUT2D eigenvalue weighted by Crippen LogP contribution is -2.23. The molecule has 0 aliphatic rings. The second-order valence-electron chi connectivity index (χ2n) is 6.28. The Bertz CT molecular complexity index is 1080. The van der Waals surface area contributed by atoms with Crippen LogP contribution in [0.1, 0.15) is 19.0 Å². The molecule has 0 fully saturated rings. The standard InChI is InChI=1S/C18H18F2N6/c1-3-18(19,20)10-26-15-7-6-12(9-14(15)11(2)25-26)22-17-13-5-4-8-21-16(13)23-24-17/h4-9H,3,10H2,1-2H3,(H2,21,22,23,24). The predicted molar refractivity (Wildman–Crippen MR) is 96.9 cm³/mol. The summed E-state index contributed by atoms with van der Waals surface area (Å²) in [5, 5.41) is 16.4. The van der Waals surface area contributed by atoms with E-state index in [2.05, 4.69) is 25.6 Å². The largest absolute Gasteiger partial charge is 0.338 e. The Hall–Kier alpha value is -3.03. The average Bonchev–Trinajstić information content (AvgIpc) is 3.17. The molecule has 26 heavy (non-hydrogen) atoms. The first-order valence-corrected chi connectivity index (χ1v) is 8.38. The molecule has 0 aliphatic carbocycles. The van der Waals surface area contributed by atoms with Gasteiger partial charge in [0.2, 0.25) is 0 Å². The van der Waals surface area contributed by atoms with E-state index in [0.717, 1.165) is 16.5 Å². The summed E-state index contributed by atoms with van der Waals surface area (Å²) >= 11 is 0. The number of aromatic nitrogens is 5. The number of rotatable bonds is 5. The smallest absolute Gasteiger partial charge is 0.267 e. The van der Waals surface area contributed by atoms with E-state index in [0.29, 0.717) is 22.7 Å². The van der Waals surface area contributed by atoms with E-state index in [9.17, 15) is 8.78 Å². The maximum Gasteiger partial charge on any atom is 0.267 e. The fraction of sp³-hybridized carbons (Fsp3) is 0.278. The van der Waals surface area contributed by atoms with Crippen molar-refractivity contribution in [2.24, 2.45) is 0 Å². The molecule has 1 aromatic carbocycles. The van der Waals surface area contributed by atoms with Gasteiger partial charge in [0, 0.05) is 23.7 Å². The van der Waals surface area contributed by atoms with Crippen molar-refractivity contribution in [3.8, 4) is 0 Å². The van der Waals surface area contributed by atoms with Crippen LogP contribution in [0.5, 0.6) is 0 Å². The van der Waals surface area contributed by atoms with E-state index in [4.69, 9.17) is 0 Å². The van der Waals surface area contributed by atoms with Crippen LogP contribution >= 0.6 is 0 Å². The Balaban J connectivity index is 1.69. The third-order valence-electron chi connectivity index (χ3n) is 4.43. The molecular formula is C18H18F2N6. The fourth-order valence-corrected chi connectivity index (χ4v) is 2.96. The molecule has 0 saturated carbocycles. The highest BCUT2D eigenvalue weighted by Crippen LogP contribution is 2.29. The van der Waals surface area contributed by atoms with Gasteiger partial charge >= 0.3 is 0 Å². The molecule has 4 aromatic rings. The molecule has 0 spiro atoms. The van der Waals surface area contributed by atoms with Gasteiger partial charge in [0.25, 0.3) is 5.92 Å². The zero-order chi connectivity index (χ0) is 18.3. The number of pyridine rings is 1. The van der Waals surface area contributed by atoms with Crippen molar-refractivity contribution in [1.82, 2.24) is 25.0 Å². The van der Waals surface area contributed by atoms with Gasteiger partial charge < -0.3 is 5.32 Å². The number of nitrogens with one attached hydrogen (secondary N) is 2. The Morgan fingerprint density at radius 1 is 1.23 bits per heavy atom. The van der Waals surface area contributed by atoms with Crippen LogP contribution in [0.25, 0.3) is 21.9 Å². The second-order valence-corrected chi connectivity index (χ2v) is 6.28. The van der Waals surface area contributed by atoms with Crippen LogP contribution in [0.3, 0.4) is 0 Å². The summed E-state index contributed by atoms with van der Waals surface area (Å²) in [6.45, 7) is 2.88. The number of fused-ring (bicyclic) bond motifs is 2. The van der Waals surface area contributed by atoms with Crippen LogP contribution < -0.4 is 5.32 Å². The van der Waals surface area contributed by atoms with Crippen molar-refractivity contribution in [2.75, 3.05) is 5.32 Å². The predicted octanol–water partition coefficient (Wildman–Crippen LogP) is 4.40. The second kappa shape index (κ2) is 6.05. The zero-order valence-electron chi connectivity index (χ0n) is 14.4. The first-order valence-electron chi connectivity index (χ1n) is 8.38. The van der Waals surface area contributed by atoms with Crippen LogP contribution in [0.2, 0.25) is 0 Å². The fourth-order valence-electron chi connectivity index (χ4n) is 2.96. The zero-order valence-corrected chi connectivity index (χ0v) is 14.4. The first kappa shape index (κ1) is 16.4. The molecule has 0 radical (unpaired) electrons. The van der Waals surface area contributed by atoms with Crippen LogP contribution in [-0.4, -0.2) is 30.9 Å². The Labute approximate surface area is 148 Å². The van der Waals surface area contributed by atoms with Gasteiger partial charge in [0.1, 0.15) is 6.54 Å². The van der Waals surface area contributed by atoms with Gasteiger partial charge in [-0.05, 0) is 37.3 Å². The molecule has 0 saturated heterocycles. The Kier molecular flexibility index (Phi) is 3.82. The summed E-state index contributed by atoms with van der Waals surface area (Å²) in [4.78, 5) is 4.21. The highest BCUT2D eigenvalue weighted by atomic mass is 19.3. The number of H-pyrrole nitrogens is 1. The van der Waals surface area contributed by atoms with E-state index in [1.807, 2.05) is 31.2 Å². The third kappa shape index (κ3) is 2.87. The topological polar surface area (TPSA) is 71.4 Å². The summed E-state index contributed by atoms with van der Waals surface area (Å²) in [5.41, 5.74) is 2.90. The van der Waals surface area contributed by atoms with Crippen molar-refractivity contribution in [3.63, 3.8) is 0 Å². The Morgan fingerprint density at radius 3 is 2.88 bits per heavy atom.